The van der Waals surface area contributed by atoms with Gasteiger partial charge in [0.15, 0.2) is 0 Å². The second-order valence-corrected chi connectivity index (χ2v) is 5.87. The van der Waals surface area contributed by atoms with Crippen molar-refractivity contribution in [2.24, 2.45) is 0 Å². The molecule has 24 heavy (non-hydrogen) atoms. The van der Waals surface area contributed by atoms with Crippen molar-refractivity contribution in [2.45, 2.75) is 26.8 Å². The minimum atomic E-state index is -0.142. The second-order valence-electron chi connectivity index (χ2n) is 5.87. The number of carbonyl (C=O) groups is 1. The highest BCUT2D eigenvalue weighted by atomic mass is 16.1. The van der Waals surface area contributed by atoms with Gasteiger partial charge in [0, 0.05) is 23.7 Å². The fraction of sp³-hybridized carbons (Fsp3) is 0.211. The van der Waals surface area contributed by atoms with Crippen molar-refractivity contribution >= 4 is 5.91 Å². The van der Waals surface area contributed by atoms with Crippen molar-refractivity contribution in [1.82, 2.24) is 20.1 Å². The van der Waals surface area contributed by atoms with Gasteiger partial charge in [-0.1, -0.05) is 17.7 Å². The summed E-state index contributed by atoms with van der Waals surface area (Å²) < 4.78 is 1.89. The zero-order chi connectivity index (χ0) is 17.1. The van der Waals surface area contributed by atoms with Crippen LogP contribution < -0.4 is 5.32 Å². The van der Waals surface area contributed by atoms with Crippen molar-refractivity contribution < 1.29 is 4.79 Å². The molecule has 0 fully saturated rings. The molecule has 0 radical (unpaired) electrons. The molecule has 0 spiro atoms. The Morgan fingerprint density at radius 1 is 1.12 bits per heavy atom. The normalized spacial score (nSPS) is 12.0. The third-order valence-electron chi connectivity index (χ3n) is 4.06. The van der Waals surface area contributed by atoms with Crippen molar-refractivity contribution in [3.8, 4) is 5.69 Å². The number of aryl methyl sites for hydroxylation is 1. The van der Waals surface area contributed by atoms with Crippen LogP contribution in [-0.4, -0.2) is 20.7 Å². The molecule has 0 saturated heterocycles. The number of amides is 1. The Bertz CT molecular complexity index is 838. The maximum atomic E-state index is 12.3. The van der Waals surface area contributed by atoms with Crippen LogP contribution in [0.4, 0.5) is 0 Å². The zero-order valence-corrected chi connectivity index (χ0v) is 14.0. The predicted octanol–water partition coefficient (Wildman–Crippen LogP) is 3.38. The molecule has 0 saturated carbocycles. The number of pyridine rings is 1. The summed E-state index contributed by atoms with van der Waals surface area (Å²) in [6, 6.07) is 11.6. The highest BCUT2D eigenvalue weighted by molar-refractivity contribution is 5.94. The summed E-state index contributed by atoms with van der Waals surface area (Å²) in [5.41, 5.74) is 4.77. The van der Waals surface area contributed by atoms with Crippen LogP contribution in [0.3, 0.4) is 0 Å². The minimum absolute atomic E-state index is 0.141. The van der Waals surface area contributed by atoms with Gasteiger partial charge in [-0.2, -0.15) is 5.10 Å². The van der Waals surface area contributed by atoms with Crippen LogP contribution in [0.2, 0.25) is 0 Å². The molecule has 1 unspecified atom stereocenters. The summed E-state index contributed by atoms with van der Waals surface area (Å²) in [6.07, 6.45) is 5.02. The zero-order valence-electron chi connectivity index (χ0n) is 14.0. The molecular weight excluding hydrogens is 300 g/mol. The van der Waals surface area contributed by atoms with Crippen LogP contribution in [0.15, 0.2) is 55.0 Å². The number of benzene rings is 1. The van der Waals surface area contributed by atoms with Gasteiger partial charge in [0.25, 0.3) is 5.91 Å². The number of hydrogen-bond donors (Lipinski definition) is 1. The van der Waals surface area contributed by atoms with Crippen LogP contribution in [-0.2, 0) is 0 Å². The van der Waals surface area contributed by atoms with Gasteiger partial charge < -0.3 is 5.32 Å². The number of nitrogens with one attached hydrogen (secondary N) is 1. The first-order chi connectivity index (χ1) is 11.6. The van der Waals surface area contributed by atoms with E-state index in [0.717, 1.165) is 16.9 Å². The van der Waals surface area contributed by atoms with Crippen molar-refractivity contribution in [2.75, 3.05) is 0 Å². The molecule has 0 bridgehead atoms. The van der Waals surface area contributed by atoms with Crippen molar-refractivity contribution in [3.63, 3.8) is 0 Å². The van der Waals surface area contributed by atoms with E-state index >= 15 is 0 Å². The van der Waals surface area contributed by atoms with Gasteiger partial charge in [-0.15, -0.1) is 0 Å². The minimum Gasteiger partial charge on any atom is -0.345 e. The lowest BCUT2D eigenvalue weighted by molar-refractivity contribution is 0.0939. The van der Waals surface area contributed by atoms with E-state index in [1.807, 2.05) is 36.9 Å². The molecule has 1 N–H and O–H groups in total. The fourth-order valence-electron chi connectivity index (χ4n) is 2.65. The van der Waals surface area contributed by atoms with Gasteiger partial charge in [-0.25, -0.2) is 4.68 Å². The molecule has 0 aliphatic heterocycles. The van der Waals surface area contributed by atoms with Gasteiger partial charge in [0.05, 0.1) is 23.5 Å². The van der Waals surface area contributed by atoms with E-state index in [1.54, 1.807) is 24.5 Å². The molecule has 122 valence electrons. The highest BCUT2D eigenvalue weighted by Gasteiger charge is 2.17. The van der Waals surface area contributed by atoms with Crippen LogP contribution in [0.5, 0.6) is 0 Å². The Morgan fingerprint density at radius 3 is 2.54 bits per heavy atom. The molecule has 2 heterocycles. The molecule has 1 aromatic carbocycles. The molecule has 3 aromatic rings. The Kier molecular flexibility index (Phi) is 4.42. The average molecular weight is 320 g/mol. The van der Waals surface area contributed by atoms with E-state index in [9.17, 15) is 4.79 Å². The summed E-state index contributed by atoms with van der Waals surface area (Å²) in [5, 5.41) is 7.46. The van der Waals surface area contributed by atoms with E-state index < -0.39 is 0 Å². The van der Waals surface area contributed by atoms with Gasteiger partial charge in [-0.3, -0.25) is 9.78 Å². The maximum Gasteiger partial charge on any atom is 0.253 e. The lowest BCUT2D eigenvalue weighted by Gasteiger charge is -2.14. The second kappa shape index (κ2) is 6.66. The molecule has 0 aliphatic rings. The van der Waals surface area contributed by atoms with Crippen molar-refractivity contribution in [3.05, 3.63) is 77.4 Å². The summed E-state index contributed by atoms with van der Waals surface area (Å²) in [5.74, 6) is -0.141. The van der Waals surface area contributed by atoms with Gasteiger partial charge in [0.1, 0.15) is 0 Å². The topological polar surface area (TPSA) is 59.8 Å². The fourth-order valence-corrected chi connectivity index (χ4v) is 2.65. The predicted molar refractivity (Wildman–Crippen MR) is 93.2 cm³/mol. The molecule has 1 atom stereocenters. The molecule has 1 amide bonds. The summed E-state index contributed by atoms with van der Waals surface area (Å²) in [6.45, 7) is 6.02. The third kappa shape index (κ3) is 3.20. The van der Waals surface area contributed by atoms with E-state index in [1.165, 1.54) is 5.56 Å². The Balaban J connectivity index is 1.80. The molecule has 5 heteroatoms. The number of aromatic nitrogens is 3. The van der Waals surface area contributed by atoms with Gasteiger partial charge in [0.2, 0.25) is 0 Å². The SMILES string of the molecule is Cc1ccc(-n2ncc(C(C)NC(=O)c3cccnc3)c2C)cc1. The summed E-state index contributed by atoms with van der Waals surface area (Å²) in [4.78, 5) is 16.3. The average Bonchev–Trinajstić information content (AvgIpc) is 2.98. The monoisotopic (exact) mass is 320 g/mol. The van der Waals surface area contributed by atoms with Gasteiger partial charge >= 0.3 is 0 Å². The van der Waals surface area contributed by atoms with E-state index in [4.69, 9.17) is 0 Å². The molecule has 2 aromatic heterocycles. The summed E-state index contributed by atoms with van der Waals surface area (Å²) >= 11 is 0. The molecule has 3 rings (SSSR count). The van der Waals surface area contributed by atoms with Crippen LogP contribution in [0.1, 0.15) is 40.1 Å². The quantitative estimate of drug-likeness (QED) is 0.802. The number of hydrogen-bond acceptors (Lipinski definition) is 3. The van der Waals surface area contributed by atoms with Crippen LogP contribution in [0.25, 0.3) is 5.69 Å². The Morgan fingerprint density at radius 2 is 1.88 bits per heavy atom. The first-order valence-electron chi connectivity index (χ1n) is 7.88. The lowest BCUT2D eigenvalue weighted by atomic mass is 10.1. The largest absolute Gasteiger partial charge is 0.345 e. The molecule has 0 aliphatic carbocycles. The maximum absolute atomic E-state index is 12.3. The lowest BCUT2D eigenvalue weighted by Crippen LogP contribution is -2.27. The smallest absolute Gasteiger partial charge is 0.253 e. The van der Waals surface area contributed by atoms with E-state index in [2.05, 4.69) is 34.5 Å². The number of carbonyl (C=O) groups excluding carboxylic acids is 1. The first kappa shape index (κ1) is 15.9. The number of rotatable bonds is 4. The Hall–Kier alpha value is -2.95. The van der Waals surface area contributed by atoms with Crippen LogP contribution >= 0.6 is 0 Å². The van der Waals surface area contributed by atoms with Gasteiger partial charge in [-0.05, 0) is 45.0 Å². The van der Waals surface area contributed by atoms with E-state index in [-0.39, 0.29) is 11.9 Å². The standard InChI is InChI=1S/C19H20N4O/c1-13-6-8-17(9-7-13)23-15(3)18(12-21-23)14(2)22-19(24)16-5-4-10-20-11-16/h4-12,14H,1-3H3,(H,22,24). The number of nitrogens with zero attached hydrogens (tertiary/aromatic N) is 3. The van der Waals surface area contributed by atoms with Crippen LogP contribution in [0, 0.1) is 13.8 Å². The third-order valence-corrected chi connectivity index (χ3v) is 4.06. The first-order valence-corrected chi connectivity index (χ1v) is 7.88. The van der Waals surface area contributed by atoms with Crippen molar-refractivity contribution in [1.29, 1.82) is 0 Å². The molecule has 5 nitrogen and oxygen atoms in total. The Labute approximate surface area is 141 Å². The van der Waals surface area contributed by atoms with E-state index in [0.29, 0.717) is 5.56 Å². The summed E-state index contributed by atoms with van der Waals surface area (Å²) in [7, 11) is 0. The molecular formula is C19H20N4O. The highest BCUT2D eigenvalue weighted by Crippen LogP contribution is 2.20.